The van der Waals surface area contributed by atoms with E-state index < -0.39 is 0 Å². The smallest absolute Gasteiger partial charge is 0.168 e. The molecule has 0 atom stereocenters. The van der Waals surface area contributed by atoms with Crippen molar-refractivity contribution >= 4 is 65.4 Å². The molecule has 0 aromatic heterocycles. The van der Waals surface area contributed by atoms with Gasteiger partial charge in [-0.05, 0) is 0 Å². The Morgan fingerprint density at radius 1 is 0.556 bits per heavy atom. The molecule has 0 nitrogen and oxygen atoms in total. The number of hydrogen-bond acceptors (Lipinski definition) is 0. The van der Waals surface area contributed by atoms with Crippen LogP contribution in [-0.4, -0.2) is 19.0 Å². The van der Waals surface area contributed by atoms with Crippen LogP contribution in [0.5, 0.6) is 0 Å². The van der Waals surface area contributed by atoms with E-state index in [0.29, 0.717) is 0 Å². The first-order valence-corrected chi connectivity index (χ1v) is 13.1. The topological polar surface area (TPSA) is 0 Å². The van der Waals surface area contributed by atoms with Gasteiger partial charge in [0.1, 0.15) is 0 Å². The molecule has 0 bridgehead atoms. The van der Waals surface area contributed by atoms with Gasteiger partial charge in [-0.1, -0.05) is 38.3 Å². The van der Waals surface area contributed by atoms with Crippen LogP contribution in [0.15, 0.2) is 84.9 Å². The summed E-state index contributed by atoms with van der Waals surface area (Å²) in [6, 6.07) is 29.3. The van der Waals surface area contributed by atoms with Gasteiger partial charge in [0.15, 0.2) is 0 Å². The minimum atomic E-state index is 0. The van der Waals surface area contributed by atoms with Gasteiger partial charge >= 0.3 is 26.2 Å². The van der Waals surface area contributed by atoms with Crippen LogP contribution < -0.4 is 0 Å². The Bertz CT molecular complexity index is 668. The second-order valence-electron chi connectivity index (χ2n) is 5.46. The zero-order valence-corrected chi connectivity index (χ0v) is 23.0. The molecule has 4 rings (SSSR count). The molecule has 5 heteroatoms. The average molecular weight is 513 g/mol. The Balaban J connectivity index is -0.000000307. The fraction of sp³-hybridized carbons (Fsp3) is 0.182. The molecule has 0 heterocycles. The molecule has 0 aliphatic heterocycles. The van der Waals surface area contributed by atoms with Crippen LogP contribution in [0.25, 0.3) is 21.5 Å². The maximum atomic E-state index is 2.21. The predicted molar refractivity (Wildman–Crippen MR) is 131 cm³/mol. The Labute approximate surface area is 201 Å². The molecule has 0 spiro atoms. The fourth-order valence-electron chi connectivity index (χ4n) is 2.14. The summed E-state index contributed by atoms with van der Waals surface area (Å²) in [5.74, 6) is 0. The molecule has 2 radical (unpaired) electrons. The fourth-order valence-corrected chi connectivity index (χ4v) is 2.14. The first-order chi connectivity index (χ1) is 11.8. The largest absolute Gasteiger partial charge is 2.00 e. The molecule has 4 aromatic carbocycles. The van der Waals surface area contributed by atoms with Gasteiger partial charge in [0.25, 0.3) is 0 Å². The summed E-state index contributed by atoms with van der Waals surface area (Å²) in [5, 5.41) is 5.32. The molecule has 0 saturated heterocycles. The van der Waals surface area contributed by atoms with Gasteiger partial charge < -0.3 is 0 Å². The van der Waals surface area contributed by atoms with Crippen LogP contribution in [0.2, 0.25) is 26.2 Å². The van der Waals surface area contributed by atoms with Gasteiger partial charge in [-0.15, -0.1) is 84.1 Å². The van der Waals surface area contributed by atoms with Crippen molar-refractivity contribution in [2.45, 2.75) is 26.2 Å². The van der Waals surface area contributed by atoms with Crippen molar-refractivity contribution in [3.05, 3.63) is 84.9 Å². The molecule has 144 valence electrons. The molecule has 0 aliphatic rings. The quantitative estimate of drug-likeness (QED) is 0.176. The van der Waals surface area contributed by atoms with Crippen molar-refractivity contribution in [2.24, 2.45) is 0 Å². The van der Waals surface area contributed by atoms with Gasteiger partial charge in [0.05, 0.1) is 0 Å². The SMILES string of the molecule is C[SiH]C.C[SiH]C.Cl.Cl.[Zr+2].c1ccc2[cH-]ccc2c1.c1ccc2[cH-]ccc2c1. The maximum absolute atomic E-state index is 2.21. The van der Waals surface area contributed by atoms with E-state index in [2.05, 4.69) is 111 Å². The Kier molecular flexibility index (Phi) is 23.5. The summed E-state index contributed by atoms with van der Waals surface area (Å²) in [4.78, 5) is 0. The second kappa shape index (κ2) is 20.3. The molecule has 4 aromatic rings. The first kappa shape index (κ1) is 31.3. The second-order valence-corrected chi connectivity index (χ2v) is 7.77. The van der Waals surface area contributed by atoms with E-state index in [4.69, 9.17) is 0 Å². The normalized spacial score (nSPS) is 8.15. The van der Waals surface area contributed by atoms with E-state index in [0.717, 1.165) is 19.0 Å². The molecule has 0 aliphatic carbocycles. The zero-order chi connectivity index (χ0) is 17.6. The number of fused-ring (bicyclic) bond motifs is 2. The van der Waals surface area contributed by atoms with Crippen LogP contribution in [0.1, 0.15) is 0 Å². The van der Waals surface area contributed by atoms with E-state index in [9.17, 15) is 0 Å². The van der Waals surface area contributed by atoms with Crippen molar-refractivity contribution in [2.75, 3.05) is 0 Å². The molecule has 0 amide bonds. The van der Waals surface area contributed by atoms with E-state index >= 15 is 0 Å². The zero-order valence-electron chi connectivity index (χ0n) is 16.6. The Hall–Kier alpha value is -0.443. The summed E-state index contributed by atoms with van der Waals surface area (Å²) in [7, 11) is 1.50. The number of rotatable bonds is 0. The molecular formula is C22H30Cl2Si2Zr. The van der Waals surface area contributed by atoms with Gasteiger partial charge in [-0.2, -0.15) is 35.0 Å². The van der Waals surface area contributed by atoms with Crippen LogP contribution in [0.4, 0.5) is 0 Å². The first-order valence-electron chi connectivity index (χ1n) is 8.45. The third-order valence-electron chi connectivity index (χ3n) is 3.10. The number of halogens is 2. The average Bonchev–Trinajstić information content (AvgIpc) is 3.26. The van der Waals surface area contributed by atoms with E-state index in [1.807, 2.05) is 0 Å². The number of hydrogen-bond donors (Lipinski definition) is 0. The molecule has 0 unspecified atom stereocenters. The van der Waals surface area contributed by atoms with Crippen molar-refractivity contribution in [1.82, 2.24) is 0 Å². The summed E-state index contributed by atoms with van der Waals surface area (Å²) in [5.41, 5.74) is 0. The van der Waals surface area contributed by atoms with E-state index in [-0.39, 0.29) is 51.0 Å². The van der Waals surface area contributed by atoms with Crippen LogP contribution >= 0.6 is 24.8 Å². The van der Waals surface area contributed by atoms with Gasteiger partial charge in [0, 0.05) is 19.0 Å². The van der Waals surface area contributed by atoms with E-state index in [1.165, 1.54) is 21.5 Å². The maximum Gasteiger partial charge on any atom is 2.00 e. The number of benzene rings is 2. The van der Waals surface area contributed by atoms with Crippen LogP contribution in [-0.2, 0) is 26.2 Å². The molecule has 0 N–H and O–H groups in total. The summed E-state index contributed by atoms with van der Waals surface area (Å²) in [6.45, 7) is 8.83. The van der Waals surface area contributed by atoms with Gasteiger partial charge in [-0.3, -0.25) is 0 Å². The van der Waals surface area contributed by atoms with Gasteiger partial charge in [0.2, 0.25) is 0 Å². The van der Waals surface area contributed by atoms with E-state index in [1.54, 1.807) is 0 Å². The van der Waals surface area contributed by atoms with Crippen LogP contribution in [0.3, 0.4) is 0 Å². The minimum absolute atomic E-state index is 0. The third kappa shape index (κ3) is 12.6. The molecule has 0 fully saturated rings. The van der Waals surface area contributed by atoms with Crippen molar-refractivity contribution in [1.29, 1.82) is 0 Å². The van der Waals surface area contributed by atoms with Crippen molar-refractivity contribution in [3.63, 3.8) is 0 Å². The molecule has 27 heavy (non-hydrogen) atoms. The molecule has 0 saturated carbocycles. The third-order valence-corrected chi connectivity index (χ3v) is 3.10. The molecular weight excluding hydrogens is 483 g/mol. The van der Waals surface area contributed by atoms with Gasteiger partial charge in [-0.25, -0.2) is 0 Å². The minimum Gasteiger partial charge on any atom is -0.168 e. The van der Waals surface area contributed by atoms with Crippen LogP contribution in [0, 0.1) is 0 Å². The van der Waals surface area contributed by atoms with Crippen molar-refractivity contribution < 1.29 is 26.2 Å². The monoisotopic (exact) mass is 510 g/mol. The summed E-state index contributed by atoms with van der Waals surface area (Å²) in [6.07, 6.45) is 0. The summed E-state index contributed by atoms with van der Waals surface area (Å²) >= 11 is 0. The Morgan fingerprint density at radius 3 is 1.15 bits per heavy atom. The Morgan fingerprint density at radius 2 is 0.852 bits per heavy atom. The van der Waals surface area contributed by atoms with Crippen molar-refractivity contribution in [3.8, 4) is 0 Å². The predicted octanol–water partition coefficient (Wildman–Crippen LogP) is 7.00. The standard InChI is InChI=1S/2C9H7.2C2H7Si.2ClH.Zr/c2*1-2-5-9-7-3-6-8(9)4-1;2*1-3-2;;;/h2*1-7H;2*3H,1-2H3;2*1H;/q2*-1;;;;;+2. The summed E-state index contributed by atoms with van der Waals surface area (Å²) < 4.78 is 0.